The Morgan fingerprint density at radius 1 is 1.18 bits per heavy atom. The number of hydrogen-bond donors (Lipinski definition) is 2. The van der Waals surface area contributed by atoms with Gasteiger partial charge in [0.05, 0.1) is 24.9 Å². The maximum Gasteiger partial charge on any atom is 0.319 e. The van der Waals surface area contributed by atoms with Crippen molar-refractivity contribution in [2.24, 2.45) is 0 Å². The van der Waals surface area contributed by atoms with E-state index in [-0.39, 0.29) is 11.7 Å². The number of carbonyl (C=O) groups excluding carboxylic acids is 2. The van der Waals surface area contributed by atoms with Crippen molar-refractivity contribution in [2.45, 2.75) is 12.5 Å². The summed E-state index contributed by atoms with van der Waals surface area (Å²) in [6.45, 7) is 0.424. The molecule has 9 heteroatoms. The molecule has 1 aliphatic rings. The van der Waals surface area contributed by atoms with E-state index in [1.54, 1.807) is 6.07 Å². The highest BCUT2D eigenvalue weighted by atomic mass is 35.5. The van der Waals surface area contributed by atoms with E-state index in [1.807, 2.05) is 0 Å². The van der Waals surface area contributed by atoms with Crippen molar-refractivity contribution < 1.29 is 23.5 Å². The number of benzene rings is 2. The molecule has 2 aromatic carbocycles. The van der Waals surface area contributed by atoms with Crippen molar-refractivity contribution in [2.75, 3.05) is 31.0 Å². The van der Waals surface area contributed by atoms with Crippen molar-refractivity contribution in [3.8, 4) is 11.5 Å². The number of anilines is 2. The largest absolute Gasteiger partial charge is 0.495 e. The summed E-state index contributed by atoms with van der Waals surface area (Å²) < 4.78 is 23.4. The fraction of sp³-hybridized carbons (Fsp3) is 0.263. The molecule has 1 heterocycles. The van der Waals surface area contributed by atoms with E-state index in [9.17, 15) is 14.0 Å². The smallest absolute Gasteiger partial charge is 0.319 e. The number of carbonyl (C=O) groups is 2. The van der Waals surface area contributed by atoms with E-state index in [2.05, 4.69) is 10.6 Å². The van der Waals surface area contributed by atoms with Crippen LogP contribution in [0.25, 0.3) is 0 Å². The summed E-state index contributed by atoms with van der Waals surface area (Å²) in [6, 6.07) is 7.42. The molecule has 28 heavy (non-hydrogen) atoms. The predicted octanol–water partition coefficient (Wildman–Crippen LogP) is 3.42. The average Bonchev–Trinajstić information content (AvgIpc) is 3.03. The van der Waals surface area contributed by atoms with Crippen molar-refractivity contribution in [3.63, 3.8) is 0 Å². The normalized spacial score (nSPS) is 16.1. The van der Waals surface area contributed by atoms with Gasteiger partial charge in [-0.15, -0.1) is 0 Å². The van der Waals surface area contributed by atoms with Gasteiger partial charge in [-0.25, -0.2) is 9.18 Å². The van der Waals surface area contributed by atoms with Crippen molar-refractivity contribution in [1.29, 1.82) is 0 Å². The number of ether oxygens (including phenoxy) is 2. The second kappa shape index (κ2) is 8.35. The topological polar surface area (TPSA) is 79.9 Å². The van der Waals surface area contributed by atoms with Crippen LogP contribution < -0.4 is 25.0 Å². The Labute approximate surface area is 166 Å². The van der Waals surface area contributed by atoms with Crippen LogP contribution >= 0.6 is 11.6 Å². The molecule has 2 N–H and O–H groups in total. The van der Waals surface area contributed by atoms with Gasteiger partial charge in [0.2, 0.25) is 5.91 Å². The molecule has 0 unspecified atom stereocenters. The van der Waals surface area contributed by atoms with Gasteiger partial charge in [0.25, 0.3) is 0 Å². The zero-order valence-electron chi connectivity index (χ0n) is 15.3. The SMILES string of the molecule is COc1cc(OC)c(NC(=O)N[C@@H]2CCN(c3ccc(F)cc3)C2=O)cc1Cl. The second-order valence-corrected chi connectivity index (χ2v) is 6.50. The minimum Gasteiger partial charge on any atom is -0.495 e. The van der Waals surface area contributed by atoms with Gasteiger partial charge in [-0.1, -0.05) is 11.6 Å². The Morgan fingerprint density at radius 3 is 2.50 bits per heavy atom. The van der Waals surface area contributed by atoms with Gasteiger partial charge in [0, 0.05) is 18.3 Å². The maximum absolute atomic E-state index is 13.1. The second-order valence-electron chi connectivity index (χ2n) is 6.09. The number of rotatable bonds is 5. The quantitative estimate of drug-likeness (QED) is 0.795. The van der Waals surface area contributed by atoms with Crippen LogP contribution in [0.2, 0.25) is 5.02 Å². The predicted molar refractivity (Wildman–Crippen MR) is 104 cm³/mol. The molecule has 1 atom stereocenters. The van der Waals surface area contributed by atoms with Crippen LogP contribution in [0.4, 0.5) is 20.6 Å². The number of nitrogens with zero attached hydrogens (tertiary/aromatic N) is 1. The standard InChI is InChI=1S/C19H19ClFN3O4/c1-27-16-10-17(28-2)15(9-13(16)20)23-19(26)22-14-7-8-24(18(14)25)12-5-3-11(21)4-6-12/h3-6,9-10,14H,7-8H2,1-2H3,(H2,22,23,26)/t14-/m1/s1. The summed E-state index contributed by atoms with van der Waals surface area (Å²) in [4.78, 5) is 26.4. The molecule has 0 bridgehead atoms. The van der Waals surface area contributed by atoms with Crippen LogP contribution in [0.1, 0.15) is 6.42 Å². The Morgan fingerprint density at radius 2 is 1.86 bits per heavy atom. The summed E-state index contributed by atoms with van der Waals surface area (Å²) in [7, 11) is 2.92. The van der Waals surface area contributed by atoms with Gasteiger partial charge >= 0.3 is 6.03 Å². The molecule has 0 radical (unpaired) electrons. The lowest BCUT2D eigenvalue weighted by atomic mass is 10.2. The lowest BCUT2D eigenvalue weighted by Gasteiger charge is -2.18. The van der Waals surface area contributed by atoms with E-state index in [0.717, 1.165) is 0 Å². The van der Waals surface area contributed by atoms with Gasteiger partial charge in [-0.2, -0.15) is 0 Å². The molecule has 1 saturated heterocycles. The summed E-state index contributed by atoms with van der Waals surface area (Å²) >= 11 is 6.09. The monoisotopic (exact) mass is 407 g/mol. The van der Waals surface area contributed by atoms with Crippen molar-refractivity contribution >= 4 is 34.9 Å². The van der Waals surface area contributed by atoms with Crippen LogP contribution in [0.3, 0.4) is 0 Å². The molecule has 2 aromatic rings. The molecule has 3 amide bonds. The highest BCUT2D eigenvalue weighted by molar-refractivity contribution is 6.32. The highest BCUT2D eigenvalue weighted by Gasteiger charge is 2.33. The van der Waals surface area contributed by atoms with Gasteiger partial charge in [-0.3, -0.25) is 4.79 Å². The minimum absolute atomic E-state index is 0.263. The molecule has 148 valence electrons. The molecular weight excluding hydrogens is 389 g/mol. The Hall–Kier alpha value is -3.00. The van der Waals surface area contributed by atoms with Crippen LogP contribution in [0.15, 0.2) is 36.4 Å². The number of amides is 3. The molecule has 1 fully saturated rings. The molecular formula is C19H19ClFN3O4. The summed E-state index contributed by atoms with van der Waals surface area (Å²) in [5.74, 6) is 0.130. The van der Waals surface area contributed by atoms with E-state index >= 15 is 0 Å². The number of urea groups is 1. The lowest BCUT2D eigenvalue weighted by molar-refractivity contribution is -0.118. The van der Waals surface area contributed by atoms with Gasteiger partial charge in [-0.05, 0) is 36.8 Å². The first-order chi connectivity index (χ1) is 13.4. The first-order valence-corrected chi connectivity index (χ1v) is 8.86. The maximum atomic E-state index is 13.1. The van der Waals surface area contributed by atoms with Crippen LogP contribution in [-0.4, -0.2) is 38.7 Å². The van der Waals surface area contributed by atoms with E-state index < -0.39 is 12.1 Å². The molecule has 1 aliphatic heterocycles. The Bertz CT molecular complexity index is 891. The van der Waals surface area contributed by atoms with Crippen LogP contribution in [0.5, 0.6) is 11.5 Å². The average molecular weight is 408 g/mol. The molecule has 0 saturated carbocycles. The number of hydrogen-bond acceptors (Lipinski definition) is 4. The third-order valence-electron chi connectivity index (χ3n) is 4.37. The Balaban J connectivity index is 1.66. The first kappa shape index (κ1) is 19.8. The summed E-state index contributed by atoms with van der Waals surface area (Å²) in [5.41, 5.74) is 0.923. The zero-order valence-corrected chi connectivity index (χ0v) is 16.0. The van der Waals surface area contributed by atoms with Crippen LogP contribution in [0, 0.1) is 5.82 Å². The molecule has 7 nitrogen and oxygen atoms in total. The van der Waals surface area contributed by atoms with E-state index in [1.165, 1.54) is 49.5 Å². The zero-order chi connectivity index (χ0) is 20.3. The van der Waals surface area contributed by atoms with E-state index in [4.69, 9.17) is 21.1 Å². The number of halogens is 2. The van der Waals surface area contributed by atoms with Gasteiger partial charge in [0.15, 0.2) is 0 Å². The third kappa shape index (κ3) is 4.12. The molecule has 0 aromatic heterocycles. The van der Waals surface area contributed by atoms with Gasteiger partial charge in [0.1, 0.15) is 23.4 Å². The van der Waals surface area contributed by atoms with Crippen molar-refractivity contribution in [1.82, 2.24) is 5.32 Å². The molecule has 3 rings (SSSR count). The van der Waals surface area contributed by atoms with Gasteiger partial charge < -0.3 is 25.0 Å². The Kier molecular flexibility index (Phi) is 5.89. The lowest BCUT2D eigenvalue weighted by Crippen LogP contribution is -2.43. The minimum atomic E-state index is -0.690. The fourth-order valence-electron chi connectivity index (χ4n) is 2.97. The first-order valence-electron chi connectivity index (χ1n) is 8.49. The summed E-state index contributed by atoms with van der Waals surface area (Å²) in [6.07, 6.45) is 0.435. The molecule has 0 aliphatic carbocycles. The fourth-order valence-corrected chi connectivity index (χ4v) is 3.21. The number of nitrogens with one attached hydrogen (secondary N) is 2. The van der Waals surface area contributed by atoms with Crippen LogP contribution in [-0.2, 0) is 4.79 Å². The summed E-state index contributed by atoms with van der Waals surface area (Å²) in [5, 5.41) is 5.57. The van der Waals surface area contributed by atoms with E-state index in [0.29, 0.717) is 40.9 Å². The highest BCUT2D eigenvalue weighted by Crippen LogP contribution is 2.35. The molecule has 0 spiro atoms. The number of methoxy groups -OCH3 is 2. The third-order valence-corrected chi connectivity index (χ3v) is 4.67. The van der Waals surface area contributed by atoms with Crippen molar-refractivity contribution in [3.05, 3.63) is 47.2 Å².